The zero-order chi connectivity index (χ0) is 10.2. The summed E-state index contributed by atoms with van der Waals surface area (Å²) < 4.78 is 21.9. The van der Waals surface area contributed by atoms with Gasteiger partial charge in [0.15, 0.2) is 0 Å². The molecule has 0 saturated carbocycles. The summed E-state index contributed by atoms with van der Waals surface area (Å²) in [6.45, 7) is 6.37. The summed E-state index contributed by atoms with van der Waals surface area (Å²) in [5, 5.41) is 0. The van der Waals surface area contributed by atoms with E-state index in [0.717, 1.165) is 12.8 Å². The molecule has 0 heterocycles. The first-order valence-corrected chi connectivity index (χ1v) is 6.06. The molecule has 0 saturated heterocycles. The second-order valence-corrected chi connectivity index (χ2v) is 4.26. The molecule has 3 nitrogen and oxygen atoms in total. The Morgan fingerprint density at radius 2 is 1.62 bits per heavy atom. The van der Waals surface area contributed by atoms with E-state index in [4.69, 9.17) is 9.05 Å². The standard InChI is InChI=1S/C9H17O3P/c1-4-7-11-13(10,9-6-3)12-8-5-2/h4-5,7-8H2,1-3H3. The second kappa shape index (κ2) is 7.15. The van der Waals surface area contributed by atoms with Crippen molar-refractivity contribution in [3.05, 3.63) is 0 Å². The molecule has 13 heavy (non-hydrogen) atoms. The van der Waals surface area contributed by atoms with Gasteiger partial charge in [-0.25, -0.2) is 4.57 Å². The van der Waals surface area contributed by atoms with E-state index < -0.39 is 7.60 Å². The minimum Gasteiger partial charge on any atom is -0.299 e. The summed E-state index contributed by atoms with van der Waals surface area (Å²) in [5.41, 5.74) is 2.49. The van der Waals surface area contributed by atoms with Gasteiger partial charge in [0.25, 0.3) is 0 Å². The average Bonchev–Trinajstić information content (AvgIpc) is 2.12. The van der Waals surface area contributed by atoms with Gasteiger partial charge in [-0.15, -0.1) is 0 Å². The highest BCUT2D eigenvalue weighted by molar-refractivity contribution is 7.59. The summed E-state index contributed by atoms with van der Waals surface area (Å²) in [5.74, 6) is 2.56. The van der Waals surface area contributed by atoms with E-state index in [1.54, 1.807) is 6.92 Å². The summed E-state index contributed by atoms with van der Waals surface area (Å²) in [6.07, 6.45) is 1.62. The van der Waals surface area contributed by atoms with E-state index in [0.29, 0.717) is 13.2 Å². The molecule has 0 radical (unpaired) electrons. The van der Waals surface area contributed by atoms with Crippen LogP contribution in [0.1, 0.15) is 33.6 Å². The number of hydrogen-bond acceptors (Lipinski definition) is 3. The average molecular weight is 204 g/mol. The van der Waals surface area contributed by atoms with Crippen molar-refractivity contribution in [3.8, 4) is 11.6 Å². The molecule has 0 aliphatic carbocycles. The van der Waals surface area contributed by atoms with Crippen LogP contribution in [0.15, 0.2) is 0 Å². The number of hydrogen-bond donors (Lipinski definition) is 0. The van der Waals surface area contributed by atoms with Crippen LogP contribution < -0.4 is 0 Å². The quantitative estimate of drug-likeness (QED) is 0.492. The fraction of sp³-hybridized carbons (Fsp3) is 0.778. The highest BCUT2D eigenvalue weighted by Gasteiger charge is 2.20. The zero-order valence-corrected chi connectivity index (χ0v) is 9.39. The molecular formula is C9H17O3P. The minimum atomic E-state index is -3.11. The molecule has 4 heteroatoms. The Morgan fingerprint density at radius 1 is 1.15 bits per heavy atom. The van der Waals surface area contributed by atoms with E-state index in [9.17, 15) is 4.57 Å². The second-order valence-electron chi connectivity index (χ2n) is 2.53. The monoisotopic (exact) mass is 204 g/mol. The van der Waals surface area contributed by atoms with Gasteiger partial charge >= 0.3 is 7.60 Å². The van der Waals surface area contributed by atoms with Crippen molar-refractivity contribution in [1.82, 2.24) is 0 Å². The Balaban J connectivity index is 4.14. The Kier molecular flexibility index (Phi) is 6.99. The van der Waals surface area contributed by atoms with E-state index >= 15 is 0 Å². The first kappa shape index (κ1) is 12.7. The molecule has 0 aromatic heterocycles. The Hall–Kier alpha value is -0.290. The minimum absolute atomic E-state index is 0.426. The maximum Gasteiger partial charge on any atom is 0.405 e. The largest absolute Gasteiger partial charge is 0.405 e. The van der Waals surface area contributed by atoms with Crippen LogP contribution in [0.3, 0.4) is 0 Å². The van der Waals surface area contributed by atoms with Crippen LogP contribution in [0.25, 0.3) is 0 Å². The van der Waals surface area contributed by atoms with Gasteiger partial charge in [0, 0.05) is 5.66 Å². The summed E-state index contributed by atoms with van der Waals surface area (Å²) in [7, 11) is -3.11. The fourth-order valence-corrected chi connectivity index (χ4v) is 1.99. The molecule has 0 bridgehead atoms. The van der Waals surface area contributed by atoms with Crippen molar-refractivity contribution in [3.63, 3.8) is 0 Å². The molecule has 0 aliphatic rings. The lowest BCUT2D eigenvalue weighted by molar-refractivity contribution is 0.214. The molecule has 0 N–H and O–H groups in total. The van der Waals surface area contributed by atoms with Gasteiger partial charge in [0.1, 0.15) is 0 Å². The van der Waals surface area contributed by atoms with Crippen molar-refractivity contribution in [2.75, 3.05) is 13.2 Å². The van der Waals surface area contributed by atoms with Gasteiger partial charge in [-0.2, -0.15) is 0 Å². The lowest BCUT2D eigenvalue weighted by Crippen LogP contribution is -1.96. The predicted octanol–water partition coefficient (Wildman–Crippen LogP) is 3.01. The SMILES string of the molecule is CC#CP(=O)(OCCC)OCCC. The van der Waals surface area contributed by atoms with Crippen molar-refractivity contribution in [2.45, 2.75) is 33.6 Å². The van der Waals surface area contributed by atoms with Crippen LogP contribution in [0.5, 0.6) is 0 Å². The van der Waals surface area contributed by atoms with Crippen LogP contribution in [-0.2, 0) is 13.6 Å². The highest BCUT2D eigenvalue weighted by atomic mass is 31.2. The highest BCUT2D eigenvalue weighted by Crippen LogP contribution is 2.47. The summed E-state index contributed by atoms with van der Waals surface area (Å²) >= 11 is 0. The first-order valence-electron chi connectivity index (χ1n) is 4.51. The van der Waals surface area contributed by atoms with Gasteiger partial charge in [0.2, 0.25) is 0 Å². The van der Waals surface area contributed by atoms with Crippen LogP contribution in [0.4, 0.5) is 0 Å². The maximum atomic E-state index is 11.7. The zero-order valence-electron chi connectivity index (χ0n) is 8.50. The molecule has 0 amide bonds. The fourth-order valence-electron chi connectivity index (χ4n) is 0.662. The normalized spacial score (nSPS) is 10.7. The third-order valence-corrected chi connectivity index (χ3v) is 2.72. The van der Waals surface area contributed by atoms with Crippen molar-refractivity contribution in [2.24, 2.45) is 0 Å². The lowest BCUT2D eigenvalue weighted by atomic mass is 10.5. The third-order valence-electron chi connectivity index (χ3n) is 1.18. The number of rotatable bonds is 6. The maximum absolute atomic E-state index is 11.7. The Morgan fingerprint density at radius 3 is 1.92 bits per heavy atom. The van der Waals surface area contributed by atoms with Crippen LogP contribution in [0.2, 0.25) is 0 Å². The molecule has 0 rings (SSSR count). The molecule has 0 unspecified atom stereocenters. The van der Waals surface area contributed by atoms with E-state index in [2.05, 4.69) is 11.6 Å². The molecule has 76 valence electrons. The lowest BCUT2D eigenvalue weighted by Gasteiger charge is -2.11. The molecule has 0 aromatic rings. The topological polar surface area (TPSA) is 35.5 Å². The molecule has 0 spiro atoms. The van der Waals surface area contributed by atoms with Crippen LogP contribution in [0, 0.1) is 11.6 Å². The van der Waals surface area contributed by atoms with Gasteiger partial charge in [0.05, 0.1) is 13.2 Å². The molecule has 0 aliphatic heterocycles. The van der Waals surface area contributed by atoms with Gasteiger partial charge < -0.3 is 0 Å². The Labute approximate surface area is 80.3 Å². The summed E-state index contributed by atoms with van der Waals surface area (Å²) in [6, 6.07) is 0. The Bertz CT molecular complexity index is 215. The van der Waals surface area contributed by atoms with Gasteiger partial charge in [-0.1, -0.05) is 19.8 Å². The van der Waals surface area contributed by atoms with Gasteiger partial charge in [-0.3, -0.25) is 9.05 Å². The smallest absolute Gasteiger partial charge is 0.299 e. The van der Waals surface area contributed by atoms with Crippen molar-refractivity contribution in [1.29, 1.82) is 0 Å². The summed E-state index contributed by atoms with van der Waals surface area (Å²) in [4.78, 5) is 0. The van der Waals surface area contributed by atoms with Crippen molar-refractivity contribution >= 4 is 7.60 Å². The van der Waals surface area contributed by atoms with Crippen molar-refractivity contribution < 1.29 is 13.6 Å². The van der Waals surface area contributed by atoms with Crippen LogP contribution >= 0.6 is 7.60 Å². The van der Waals surface area contributed by atoms with Gasteiger partial charge in [-0.05, 0) is 19.8 Å². The first-order chi connectivity index (χ1) is 6.18. The van der Waals surface area contributed by atoms with E-state index in [1.807, 2.05) is 13.8 Å². The molecule has 0 fully saturated rings. The third kappa shape index (κ3) is 5.87. The predicted molar refractivity (Wildman–Crippen MR) is 53.5 cm³/mol. The van der Waals surface area contributed by atoms with E-state index in [1.165, 1.54) is 0 Å². The molecular weight excluding hydrogens is 187 g/mol. The van der Waals surface area contributed by atoms with Crippen LogP contribution in [-0.4, -0.2) is 13.2 Å². The molecule has 0 atom stereocenters. The van der Waals surface area contributed by atoms with E-state index in [-0.39, 0.29) is 0 Å². The molecule has 0 aromatic carbocycles.